The zero-order chi connectivity index (χ0) is 26.4. The molecule has 3 aliphatic heterocycles. The lowest BCUT2D eigenvalue weighted by atomic mass is 10.0. The third-order valence-corrected chi connectivity index (χ3v) is 7.66. The largest absolute Gasteiger partial charge is 0.444 e. The number of ether oxygens (including phenoxy) is 1. The van der Waals surface area contributed by atoms with Crippen LogP contribution in [0.4, 0.5) is 16.3 Å². The van der Waals surface area contributed by atoms with Crippen LogP contribution in [0, 0.1) is 11.3 Å². The first kappa shape index (κ1) is 24.4. The van der Waals surface area contributed by atoms with E-state index in [1.54, 1.807) is 11.1 Å². The van der Waals surface area contributed by atoms with Crippen molar-refractivity contribution in [3.05, 3.63) is 59.4 Å². The Morgan fingerprint density at radius 1 is 1.03 bits per heavy atom. The van der Waals surface area contributed by atoms with Gasteiger partial charge in [0.15, 0.2) is 0 Å². The maximum atomic E-state index is 12.4. The molecule has 9 heteroatoms. The summed E-state index contributed by atoms with van der Waals surface area (Å²) in [4.78, 5) is 31.0. The van der Waals surface area contributed by atoms with Crippen molar-refractivity contribution in [2.24, 2.45) is 0 Å². The van der Waals surface area contributed by atoms with Gasteiger partial charge >= 0.3 is 6.09 Å². The normalized spacial score (nSPS) is 19.7. The quantitative estimate of drug-likeness (QED) is 0.511. The van der Waals surface area contributed by atoms with E-state index in [0.717, 1.165) is 67.4 Å². The number of amides is 1. The van der Waals surface area contributed by atoms with Crippen molar-refractivity contribution >= 4 is 28.5 Å². The van der Waals surface area contributed by atoms with Gasteiger partial charge in [-0.2, -0.15) is 5.26 Å². The van der Waals surface area contributed by atoms with Gasteiger partial charge in [-0.3, -0.25) is 9.88 Å². The Morgan fingerprint density at radius 3 is 2.58 bits per heavy atom. The number of hydrogen-bond donors (Lipinski definition) is 0. The lowest BCUT2D eigenvalue weighted by Crippen LogP contribution is -2.50. The molecule has 1 amide bonds. The Kier molecular flexibility index (Phi) is 6.07. The van der Waals surface area contributed by atoms with Crippen molar-refractivity contribution in [3.63, 3.8) is 0 Å². The van der Waals surface area contributed by atoms with Crippen LogP contribution in [0.15, 0.2) is 42.6 Å². The molecule has 3 aliphatic rings. The average Bonchev–Trinajstić information content (AvgIpc) is 3.28. The molecule has 2 fully saturated rings. The summed E-state index contributed by atoms with van der Waals surface area (Å²) in [6, 6.07) is 14.9. The molecule has 196 valence electrons. The second-order valence-electron chi connectivity index (χ2n) is 11.2. The SMILES string of the molecule is CC(C)(C)OC(=O)N1CCN(c2ccc3c(n2)CN2CCN(c4ccc(C#N)c5ncccc45)CC32)CC1. The van der Waals surface area contributed by atoms with E-state index in [-0.39, 0.29) is 12.1 Å². The first-order valence-corrected chi connectivity index (χ1v) is 13.3. The number of rotatable bonds is 2. The van der Waals surface area contributed by atoms with Crippen LogP contribution in [0.25, 0.3) is 10.9 Å². The van der Waals surface area contributed by atoms with Gasteiger partial charge in [0, 0.05) is 69.6 Å². The average molecular weight is 512 g/mol. The number of hydrogen-bond acceptors (Lipinski definition) is 8. The fourth-order valence-electron chi connectivity index (χ4n) is 5.79. The zero-order valence-corrected chi connectivity index (χ0v) is 22.2. The Hall–Kier alpha value is -3.90. The molecule has 1 unspecified atom stereocenters. The molecular weight excluding hydrogens is 478 g/mol. The van der Waals surface area contributed by atoms with Gasteiger partial charge in [0.2, 0.25) is 0 Å². The van der Waals surface area contributed by atoms with E-state index >= 15 is 0 Å². The predicted octanol–water partition coefficient (Wildman–Crippen LogP) is 3.94. The van der Waals surface area contributed by atoms with E-state index in [1.807, 2.05) is 32.9 Å². The fraction of sp³-hybridized carbons (Fsp3) is 0.448. The van der Waals surface area contributed by atoms with E-state index in [2.05, 4.69) is 50.0 Å². The lowest BCUT2D eigenvalue weighted by molar-refractivity contribution is 0.0240. The maximum absolute atomic E-state index is 12.4. The maximum Gasteiger partial charge on any atom is 0.410 e. The summed E-state index contributed by atoms with van der Waals surface area (Å²) in [5.41, 5.74) is 4.46. The Bertz CT molecular complexity index is 1420. The standard InChI is InChI=1S/C29H33N7O2/c1-29(2,3)38-28(37)34-13-11-33(12-14-34)26-9-7-21-23(32-26)18-35-15-16-36(19-25(21)35)24-8-6-20(17-30)27-22(24)5-4-10-31-27/h4-10,25H,11-16,18-19H2,1-3H3. The molecule has 1 aromatic carbocycles. The Morgan fingerprint density at radius 2 is 1.82 bits per heavy atom. The molecule has 38 heavy (non-hydrogen) atoms. The Labute approximate surface area is 223 Å². The summed E-state index contributed by atoms with van der Waals surface area (Å²) in [6.07, 6.45) is 1.50. The van der Waals surface area contributed by atoms with E-state index in [0.29, 0.717) is 18.7 Å². The molecular formula is C29H33N7O2. The van der Waals surface area contributed by atoms with Crippen LogP contribution in [0.2, 0.25) is 0 Å². The van der Waals surface area contributed by atoms with Crippen molar-refractivity contribution in [2.45, 2.75) is 39.0 Å². The lowest BCUT2D eigenvalue weighted by Gasteiger charge is -2.39. The second kappa shape index (κ2) is 9.44. The van der Waals surface area contributed by atoms with Gasteiger partial charge in [0.1, 0.15) is 17.5 Å². The molecule has 3 aromatic rings. The van der Waals surface area contributed by atoms with Crippen LogP contribution in [0.5, 0.6) is 0 Å². The van der Waals surface area contributed by atoms with Gasteiger partial charge in [0.05, 0.1) is 22.8 Å². The smallest absolute Gasteiger partial charge is 0.410 e. The van der Waals surface area contributed by atoms with Crippen LogP contribution < -0.4 is 9.80 Å². The molecule has 2 saturated heterocycles. The highest BCUT2D eigenvalue weighted by Gasteiger charge is 2.37. The molecule has 5 heterocycles. The number of benzene rings is 1. The molecule has 2 aromatic heterocycles. The third-order valence-electron chi connectivity index (χ3n) is 7.66. The number of fused-ring (bicyclic) bond motifs is 4. The predicted molar refractivity (Wildman–Crippen MR) is 146 cm³/mol. The van der Waals surface area contributed by atoms with Gasteiger partial charge in [-0.05, 0) is 56.7 Å². The van der Waals surface area contributed by atoms with Crippen LogP contribution in [-0.2, 0) is 11.3 Å². The molecule has 0 saturated carbocycles. The highest BCUT2D eigenvalue weighted by Crippen LogP contribution is 2.39. The summed E-state index contributed by atoms with van der Waals surface area (Å²) in [6.45, 7) is 12.0. The van der Waals surface area contributed by atoms with Crippen molar-refractivity contribution in [3.8, 4) is 6.07 Å². The van der Waals surface area contributed by atoms with Crippen LogP contribution in [0.3, 0.4) is 0 Å². The monoisotopic (exact) mass is 511 g/mol. The minimum absolute atomic E-state index is 0.244. The van der Waals surface area contributed by atoms with Gasteiger partial charge < -0.3 is 19.4 Å². The van der Waals surface area contributed by atoms with E-state index in [9.17, 15) is 10.1 Å². The highest BCUT2D eigenvalue weighted by molar-refractivity contribution is 5.95. The molecule has 0 radical (unpaired) electrons. The van der Waals surface area contributed by atoms with Gasteiger partial charge in [-0.15, -0.1) is 0 Å². The summed E-state index contributed by atoms with van der Waals surface area (Å²) in [5, 5.41) is 10.5. The number of nitriles is 1. The number of aromatic nitrogens is 2. The van der Waals surface area contributed by atoms with Crippen molar-refractivity contribution in [2.75, 3.05) is 55.6 Å². The molecule has 1 atom stereocenters. The molecule has 0 aliphatic carbocycles. The molecule has 0 N–H and O–H groups in total. The van der Waals surface area contributed by atoms with Gasteiger partial charge in [-0.25, -0.2) is 9.78 Å². The number of nitrogens with zero attached hydrogens (tertiary/aromatic N) is 7. The number of piperazine rings is 2. The number of carbonyl (C=O) groups is 1. The third kappa shape index (κ3) is 4.50. The van der Waals surface area contributed by atoms with Crippen LogP contribution in [0.1, 0.15) is 43.6 Å². The van der Waals surface area contributed by atoms with E-state index in [1.165, 1.54) is 5.56 Å². The van der Waals surface area contributed by atoms with Gasteiger partial charge in [-0.1, -0.05) is 6.07 Å². The highest BCUT2D eigenvalue weighted by atomic mass is 16.6. The Balaban J connectivity index is 1.17. The first-order valence-electron chi connectivity index (χ1n) is 13.3. The van der Waals surface area contributed by atoms with E-state index in [4.69, 9.17) is 9.72 Å². The zero-order valence-electron chi connectivity index (χ0n) is 22.2. The van der Waals surface area contributed by atoms with Crippen LogP contribution in [-0.4, -0.2) is 77.3 Å². The molecule has 6 rings (SSSR count). The minimum Gasteiger partial charge on any atom is -0.444 e. The van der Waals surface area contributed by atoms with Crippen molar-refractivity contribution < 1.29 is 9.53 Å². The second-order valence-corrected chi connectivity index (χ2v) is 11.2. The number of pyridine rings is 2. The minimum atomic E-state index is -0.485. The topological polar surface area (TPSA) is 88.8 Å². The molecule has 0 bridgehead atoms. The first-order chi connectivity index (χ1) is 18.3. The van der Waals surface area contributed by atoms with Crippen LogP contribution >= 0.6 is 0 Å². The number of carbonyl (C=O) groups excluding carboxylic acids is 1. The summed E-state index contributed by atoms with van der Waals surface area (Å²) in [7, 11) is 0. The summed E-state index contributed by atoms with van der Waals surface area (Å²) >= 11 is 0. The molecule has 9 nitrogen and oxygen atoms in total. The van der Waals surface area contributed by atoms with E-state index < -0.39 is 5.60 Å². The molecule has 0 spiro atoms. The summed E-state index contributed by atoms with van der Waals surface area (Å²) < 4.78 is 5.53. The fourth-order valence-corrected chi connectivity index (χ4v) is 5.79. The van der Waals surface area contributed by atoms with Gasteiger partial charge in [0.25, 0.3) is 0 Å². The summed E-state index contributed by atoms with van der Waals surface area (Å²) in [5.74, 6) is 0.980. The number of anilines is 2. The van der Waals surface area contributed by atoms with Crippen molar-refractivity contribution in [1.82, 2.24) is 19.8 Å². The van der Waals surface area contributed by atoms with Crippen molar-refractivity contribution in [1.29, 1.82) is 5.26 Å².